The minimum Gasteiger partial charge on any atom is -0.461 e. The molecule has 0 amide bonds. The second-order valence-corrected chi connectivity index (χ2v) is 6.58. The van der Waals surface area contributed by atoms with E-state index in [0.717, 1.165) is 19.3 Å². The number of carbonyl (C=O) groups excluding carboxylic acids is 1. The SMILES string of the molecule is CC1=CC[C@H](O)[C@]2(C)CC[C@H]3[C@@H](OC(=O)[C@H]3C)[C@H]12. The first kappa shape index (κ1) is 12.2. The van der Waals surface area contributed by atoms with Gasteiger partial charge in [-0.3, -0.25) is 4.79 Å². The number of fused-ring (bicyclic) bond motifs is 3. The predicted octanol–water partition coefficient (Wildman–Crippen LogP) is 2.29. The number of hydrogen-bond donors (Lipinski definition) is 1. The summed E-state index contributed by atoms with van der Waals surface area (Å²) >= 11 is 0. The van der Waals surface area contributed by atoms with Gasteiger partial charge in [-0.2, -0.15) is 0 Å². The van der Waals surface area contributed by atoms with Gasteiger partial charge in [-0.1, -0.05) is 25.5 Å². The Bertz CT molecular complexity index is 414. The van der Waals surface area contributed by atoms with Crippen molar-refractivity contribution in [3.8, 4) is 0 Å². The first-order valence-electron chi connectivity index (χ1n) is 7.00. The molecule has 0 bridgehead atoms. The van der Waals surface area contributed by atoms with E-state index in [4.69, 9.17) is 4.74 Å². The Labute approximate surface area is 108 Å². The molecule has 6 atom stereocenters. The highest BCUT2D eigenvalue weighted by molar-refractivity contribution is 5.75. The van der Waals surface area contributed by atoms with E-state index in [-0.39, 0.29) is 35.4 Å². The van der Waals surface area contributed by atoms with Crippen molar-refractivity contribution in [2.45, 2.75) is 52.2 Å². The van der Waals surface area contributed by atoms with Crippen LogP contribution in [0.3, 0.4) is 0 Å². The number of esters is 1. The predicted molar refractivity (Wildman–Crippen MR) is 67.7 cm³/mol. The second-order valence-electron chi connectivity index (χ2n) is 6.58. The third-order valence-electron chi connectivity index (χ3n) is 5.66. The standard InChI is InChI=1S/C15H22O3/c1-8-4-5-11(16)15(3)7-6-10-9(2)14(17)18-13(10)12(8)15/h4,9-13,16H,5-7H2,1-3H3/t9-,10+,11-,12-,13+,15-/m0/s1. The molecule has 2 aliphatic carbocycles. The van der Waals surface area contributed by atoms with Crippen molar-refractivity contribution in [2.24, 2.45) is 23.2 Å². The van der Waals surface area contributed by atoms with Gasteiger partial charge in [-0.25, -0.2) is 0 Å². The number of aliphatic hydroxyl groups excluding tert-OH is 1. The molecular formula is C15H22O3. The van der Waals surface area contributed by atoms with Crippen LogP contribution in [0, 0.1) is 23.2 Å². The van der Waals surface area contributed by atoms with Gasteiger partial charge in [0.25, 0.3) is 0 Å². The Hall–Kier alpha value is -0.830. The van der Waals surface area contributed by atoms with E-state index >= 15 is 0 Å². The van der Waals surface area contributed by atoms with Crippen LogP contribution < -0.4 is 0 Å². The Morgan fingerprint density at radius 1 is 1.50 bits per heavy atom. The number of aliphatic hydroxyl groups is 1. The van der Waals surface area contributed by atoms with Gasteiger partial charge in [0.05, 0.1) is 12.0 Å². The second kappa shape index (κ2) is 3.83. The van der Waals surface area contributed by atoms with Crippen molar-refractivity contribution in [3.63, 3.8) is 0 Å². The quantitative estimate of drug-likeness (QED) is 0.530. The van der Waals surface area contributed by atoms with Crippen LogP contribution in [0.4, 0.5) is 0 Å². The average molecular weight is 250 g/mol. The summed E-state index contributed by atoms with van der Waals surface area (Å²) in [6.45, 7) is 6.26. The lowest BCUT2D eigenvalue weighted by Crippen LogP contribution is -2.52. The molecule has 0 aromatic heterocycles. The fraction of sp³-hybridized carbons (Fsp3) is 0.800. The average Bonchev–Trinajstić information content (AvgIpc) is 2.60. The Morgan fingerprint density at radius 2 is 2.22 bits per heavy atom. The molecule has 0 spiro atoms. The summed E-state index contributed by atoms with van der Waals surface area (Å²) in [5.41, 5.74) is 1.17. The van der Waals surface area contributed by atoms with Crippen LogP contribution in [0.15, 0.2) is 11.6 Å². The zero-order valence-corrected chi connectivity index (χ0v) is 11.3. The Balaban J connectivity index is 2.00. The van der Waals surface area contributed by atoms with E-state index in [1.165, 1.54) is 5.57 Å². The molecule has 2 fully saturated rings. The Kier molecular flexibility index (Phi) is 2.60. The maximum absolute atomic E-state index is 11.8. The number of carbonyl (C=O) groups is 1. The van der Waals surface area contributed by atoms with Gasteiger partial charge in [0.1, 0.15) is 6.10 Å². The summed E-state index contributed by atoms with van der Waals surface area (Å²) in [4.78, 5) is 11.8. The largest absolute Gasteiger partial charge is 0.461 e. The van der Waals surface area contributed by atoms with E-state index in [2.05, 4.69) is 19.9 Å². The number of rotatable bonds is 0. The molecule has 100 valence electrons. The van der Waals surface area contributed by atoms with Gasteiger partial charge in [-0.05, 0) is 26.2 Å². The summed E-state index contributed by atoms with van der Waals surface area (Å²) in [6, 6.07) is 0. The van der Waals surface area contributed by atoms with E-state index in [9.17, 15) is 9.90 Å². The zero-order valence-electron chi connectivity index (χ0n) is 11.3. The molecule has 3 aliphatic rings. The molecule has 1 heterocycles. The van der Waals surface area contributed by atoms with Crippen LogP contribution in [0.5, 0.6) is 0 Å². The van der Waals surface area contributed by atoms with Crippen LogP contribution in [0.1, 0.15) is 40.0 Å². The lowest BCUT2D eigenvalue weighted by Gasteiger charge is -2.51. The monoisotopic (exact) mass is 250 g/mol. The highest BCUT2D eigenvalue weighted by Crippen LogP contribution is 2.56. The van der Waals surface area contributed by atoms with Gasteiger partial charge < -0.3 is 9.84 Å². The molecule has 1 N–H and O–H groups in total. The van der Waals surface area contributed by atoms with Crippen molar-refractivity contribution in [1.29, 1.82) is 0 Å². The minimum absolute atomic E-state index is 0.0163. The van der Waals surface area contributed by atoms with Crippen LogP contribution in [0.25, 0.3) is 0 Å². The van der Waals surface area contributed by atoms with Crippen molar-refractivity contribution in [3.05, 3.63) is 11.6 Å². The van der Waals surface area contributed by atoms with Crippen LogP contribution in [-0.4, -0.2) is 23.3 Å². The van der Waals surface area contributed by atoms with Gasteiger partial charge in [-0.15, -0.1) is 0 Å². The summed E-state index contributed by atoms with van der Waals surface area (Å²) in [5, 5.41) is 10.3. The Morgan fingerprint density at radius 3 is 2.94 bits per heavy atom. The third kappa shape index (κ3) is 1.43. The molecule has 0 unspecified atom stereocenters. The maximum Gasteiger partial charge on any atom is 0.309 e. The minimum atomic E-state index is -0.304. The molecule has 0 aromatic rings. The highest BCUT2D eigenvalue weighted by atomic mass is 16.6. The lowest BCUT2D eigenvalue weighted by atomic mass is 9.55. The molecule has 3 rings (SSSR count). The normalized spacial score (nSPS) is 51.2. The van der Waals surface area contributed by atoms with Crippen LogP contribution in [0.2, 0.25) is 0 Å². The smallest absolute Gasteiger partial charge is 0.309 e. The van der Waals surface area contributed by atoms with Gasteiger partial charge >= 0.3 is 5.97 Å². The van der Waals surface area contributed by atoms with Crippen molar-refractivity contribution >= 4 is 5.97 Å². The molecule has 0 radical (unpaired) electrons. The van der Waals surface area contributed by atoms with Crippen LogP contribution >= 0.6 is 0 Å². The molecule has 1 saturated carbocycles. The molecule has 0 aromatic carbocycles. The molecule has 1 aliphatic heterocycles. The first-order valence-corrected chi connectivity index (χ1v) is 7.00. The maximum atomic E-state index is 11.8. The summed E-state index contributed by atoms with van der Waals surface area (Å²) in [7, 11) is 0. The molecule has 1 saturated heterocycles. The molecule has 3 nitrogen and oxygen atoms in total. The van der Waals surface area contributed by atoms with Crippen LogP contribution in [-0.2, 0) is 9.53 Å². The zero-order chi connectivity index (χ0) is 13.1. The summed E-state index contributed by atoms with van der Waals surface area (Å²) < 4.78 is 5.64. The summed E-state index contributed by atoms with van der Waals surface area (Å²) in [6.07, 6.45) is 4.52. The van der Waals surface area contributed by atoms with Crippen molar-refractivity contribution in [1.82, 2.24) is 0 Å². The molecule has 3 heteroatoms. The highest BCUT2D eigenvalue weighted by Gasteiger charge is 2.58. The number of hydrogen-bond acceptors (Lipinski definition) is 3. The fourth-order valence-corrected chi connectivity index (χ4v) is 4.37. The molecular weight excluding hydrogens is 228 g/mol. The van der Waals surface area contributed by atoms with Crippen molar-refractivity contribution in [2.75, 3.05) is 0 Å². The van der Waals surface area contributed by atoms with E-state index in [1.807, 2.05) is 6.92 Å². The topological polar surface area (TPSA) is 46.5 Å². The number of ether oxygens (including phenoxy) is 1. The van der Waals surface area contributed by atoms with Gasteiger partial charge in [0.2, 0.25) is 0 Å². The summed E-state index contributed by atoms with van der Waals surface area (Å²) in [5.74, 6) is 0.506. The van der Waals surface area contributed by atoms with Gasteiger partial charge in [0, 0.05) is 17.3 Å². The first-order chi connectivity index (χ1) is 8.45. The fourth-order valence-electron chi connectivity index (χ4n) is 4.37. The molecule has 18 heavy (non-hydrogen) atoms. The lowest BCUT2D eigenvalue weighted by molar-refractivity contribution is -0.151. The third-order valence-corrected chi connectivity index (χ3v) is 5.66. The van der Waals surface area contributed by atoms with Gasteiger partial charge in [0.15, 0.2) is 0 Å². The van der Waals surface area contributed by atoms with E-state index in [1.54, 1.807) is 0 Å². The van der Waals surface area contributed by atoms with E-state index < -0.39 is 0 Å². The van der Waals surface area contributed by atoms with Crippen molar-refractivity contribution < 1.29 is 14.6 Å². The van der Waals surface area contributed by atoms with E-state index in [0.29, 0.717) is 5.92 Å².